The fourth-order valence-electron chi connectivity index (χ4n) is 1.29. The van der Waals surface area contributed by atoms with Gasteiger partial charge in [-0.2, -0.15) is 0 Å². The first-order valence-electron chi connectivity index (χ1n) is 5.07. The Kier molecular flexibility index (Phi) is 8.13. The minimum atomic E-state index is 0.583. The van der Waals surface area contributed by atoms with Crippen LogP contribution in [0.4, 0.5) is 0 Å². The second-order valence-corrected chi connectivity index (χ2v) is 3.02. The highest BCUT2D eigenvalue weighted by Gasteiger charge is 2.00. The summed E-state index contributed by atoms with van der Waals surface area (Å²) in [5.41, 5.74) is 2.47. The molecule has 1 heteroatoms. The van der Waals surface area contributed by atoms with E-state index in [1.807, 2.05) is 12.2 Å². The summed E-state index contributed by atoms with van der Waals surface area (Å²) in [5, 5.41) is 3.17. The first kappa shape index (κ1) is 13.5. The van der Waals surface area contributed by atoms with Crippen LogP contribution in [0.15, 0.2) is 48.6 Å². The molecule has 0 aromatic carbocycles. The summed E-state index contributed by atoms with van der Waals surface area (Å²) in [5.74, 6) is 2.55. The fourth-order valence-corrected chi connectivity index (χ4v) is 1.29. The molecule has 0 rings (SSSR count). The average Bonchev–Trinajstić information content (AvgIpc) is 2.25. The summed E-state index contributed by atoms with van der Waals surface area (Å²) in [4.78, 5) is 0. The van der Waals surface area contributed by atoms with Crippen molar-refractivity contribution in [3.05, 3.63) is 48.6 Å². The van der Waals surface area contributed by atoms with E-state index in [1.54, 1.807) is 12.2 Å². The van der Waals surface area contributed by atoms with Crippen LogP contribution in [0.2, 0.25) is 0 Å². The molecule has 0 atom stereocenters. The molecule has 1 nitrogen and oxygen atoms in total. The average molecular weight is 201 g/mol. The van der Waals surface area contributed by atoms with Crippen LogP contribution < -0.4 is 5.32 Å². The van der Waals surface area contributed by atoms with Gasteiger partial charge in [-0.25, -0.2) is 0 Å². The van der Waals surface area contributed by atoms with E-state index in [1.165, 1.54) is 11.1 Å². The Morgan fingerprint density at radius 2 is 1.87 bits per heavy atom. The molecule has 0 spiro atoms. The van der Waals surface area contributed by atoms with E-state index in [0.29, 0.717) is 6.54 Å². The quantitative estimate of drug-likeness (QED) is 0.379. The van der Waals surface area contributed by atoms with Crippen molar-refractivity contribution in [2.24, 2.45) is 0 Å². The normalized spacial score (nSPS) is 12.0. The van der Waals surface area contributed by atoms with Gasteiger partial charge in [0.25, 0.3) is 0 Å². The van der Waals surface area contributed by atoms with Gasteiger partial charge in [-0.3, -0.25) is 0 Å². The molecule has 0 aromatic heterocycles. The number of hydrogen-bond donors (Lipinski definition) is 1. The standard InChI is InChI=1S/C14H19N/c1-5-9-13(8-4)14(10-6-2)12-15-11-7-3/h3,5-6,9-10,15H,1-2,8,11-12H2,4H3/b13-9-,14-10-. The second kappa shape index (κ2) is 9.05. The van der Waals surface area contributed by atoms with E-state index in [9.17, 15) is 0 Å². The Labute approximate surface area is 93.3 Å². The predicted molar refractivity (Wildman–Crippen MR) is 68.6 cm³/mol. The van der Waals surface area contributed by atoms with Crippen molar-refractivity contribution >= 4 is 0 Å². The molecule has 0 aliphatic rings. The molecule has 0 radical (unpaired) electrons. The Morgan fingerprint density at radius 3 is 2.33 bits per heavy atom. The third-order valence-electron chi connectivity index (χ3n) is 1.97. The molecule has 0 aliphatic carbocycles. The van der Waals surface area contributed by atoms with E-state index in [-0.39, 0.29) is 0 Å². The topological polar surface area (TPSA) is 12.0 Å². The Balaban J connectivity index is 4.58. The number of allylic oxidation sites excluding steroid dienone is 4. The minimum Gasteiger partial charge on any atom is -0.302 e. The lowest BCUT2D eigenvalue weighted by Crippen LogP contribution is -2.18. The van der Waals surface area contributed by atoms with Crippen LogP contribution in [-0.2, 0) is 0 Å². The molecule has 0 heterocycles. The molecule has 80 valence electrons. The van der Waals surface area contributed by atoms with Gasteiger partial charge in [0.15, 0.2) is 0 Å². The second-order valence-electron chi connectivity index (χ2n) is 3.02. The fraction of sp³-hybridized carbons (Fsp3) is 0.286. The Hall–Kier alpha value is -1.52. The van der Waals surface area contributed by atoms with Crippen LogP contribution in [0.3, 0.4) is 0 Å². The first-order valence-corrected chi connectivity index (χ1v) is 5.07. The summed E-state index contributed by atoms with van der Waals surface area (Å²) in [7, 11) is 0. The predicted octanol–water partition coefficient (Wildman–Crippen LogP) is 2.84. The number of nitrogens with one attached hydrogen (secondary N) is 1. The molecule has 0 amide bonds. The molecule has 0 saturated heterocycles. The van der Waals surface area contributed by atoms with Crippen molar-refractivity contribution in [1.82, 2.24) is 5.32 Å². The molecule has 0 bridgehead atoms. The highest BCUT2D eigenvalue weighted by atomic mass is 14.8. The van der Waals surface area contributed by atoms with Crippen molar-refractivity contribution in [2.45, 2.75) is 13.3 Å². The summed E-state index contributed by atoms with van der Waals surface area (Å²) in [6.45, 7) is 10.9. The molecule has 0 aromatic rings. The lowest BCUT2D eigenvalue weighted by molar-refractivity contribution is 0.823. The molecule has 0 saturated carbocycles. The maximum absolute atomic E-state index is 5.17. The zero-order valence-electron chi connectivity index (χ0n) is 9.42. The molecule has 1 N–H and O–H groups in total. The van der Waals surface area contributed by atoms with Gasteiger partial charge < -0.3 is 5.32 Å². The summed E-state index contributed by atoms with van der Waals surface area (Å²) in [6, 6.07) is 0. The van der Waals surface area contributed by atoms with Gasteiger partial charge in [-0.05, 0) is 17.6 Å². The van der Waals surface area contributed by atoms with Gasteiger partial charge >= 0.3 is 0 Å². The summed E-state index contributed by atoms with van der Waals surface area (Å²) < 4.78 is 0. The number of terminal acetylenes is 1. The third kappa shape index (κ3) is 5.72. The van der Waals surface area contributed by atoms with Crippen LogP contribution in [0.25, 0.3) is 0 Å². The number of rotatable bonds is 7. The molecular formula is C14H19N. The van der Waals surface area contributed by atoms with E-state index in [2.05, 4.69) is 31.3 Å². The smallest absolute Gasteiger partial charge is 0.0576 e. The summed E-state index contributed by atoms with van der Waals surface area (Å²) in [6.07, 6.45) is 13.8. The van der Waals surface area contributed by atoms with E-state index in [4.69, 9.17) is 6.42 Å². The van der Waals surface area contributed by atoms with Crippen LogP contribution >= 0.6 is 0 Å². The molecular weight excluding hydrogens is 182 g/mol. The van der Waals surface area contributed by atoms with Crippen molar-refractivity contribution in [3.63, 3.8) is 0 Å². The van der Waals surface area contributed by atoms with E-state index in [0.717, 1.165) is 13.0 Å². The van der Waals surface area contributed by atoms with Crippen molar-refractivity contribution in [2.75, 3.05) is 13.1 Å². The summed E-state index contributed by atoms with van der Waals surface area (Å²) >= 11 is 0. The van der Waals surface area contributed by atoms with Gasteiger partial charge in [0.05, 0.1) is 6.54 Å². The molecule has 0 unspecified atom stereocenters. The van der Waals surface area contributed by atoms with E-state index >= 15 is 0 Å². The van der Waals surface area contributed by atoms with Crippen LogP contribution in [-0.4, -0.2) is 13.1 Å². The lowest BCUT2D eigenvalue weighted by Gasteiger charge is -2.09. The highest BCUT2D eigenvalue weighted by molar-refractivity contribution is 5.36. The van der Waals surface area contributed by atoms with Crippen molar-refractivity contribution in [3.8, 4) is 12.3 Å². The lowest BCUT2D eigenvalue weighted by atomic mass is 10.0. The van der Waals surface area contributed by atoms with Crippen molar-refractivity contribution in [1.29, 1.82) is 0 Å². The minimum absolute atomic E-state index is 0.583. The maximum atomic E-state index is 5.17. The van der Waals surface area contributed by atoms with Crippen molar-refractivity contribution < 1.29 is 0 Å². The van der Waals surface area contributed by atoms with Gasteiger partial charge in [0.1, 0.15) is 0 Å². The number of hydrogen-bond acceptors (Lipinski definition) is 1. The first-order chi connectivity index (χ1) is 7.29. The maximum Gasteiger partial charge on any atom is 0.0576 e. The highest BCUT2D eigenvalue weighted by Crippen LogP contribution is 2.13. The Morgan fingerprint density at radius 1 is 1.27 bits per heavy atom. The van der Waals surface area contributed by atoms with Crippen LogP contribution in [0.1, 0.15) is 13.3 Å². The zero-order valence-corrected chi connectivity index (χ0v) is 9.42. The van der Waals surface area contributed by atoms with Gasteiger partial charge in [-0.15, -0.1) is 6.42 Å². The van der Waals surface area contributed by atoms with Gasteiger partial charge in [-0.1, -0.05) is 50.3 Å². The molecule has 15 heavy (non-hydrogen) atoms. The zero-order chi connectivity index (χ0) is 11.5. The van der Waals surface area contributed by atoms with Crippen LogP contribution in [0, 0.1) is 12.3 Å². The Bertz CT molecular complexity index is 300. The van der Waals surface area contributed by atoms with E-state index < -0.39 is 0 Å². The molecule has 0 aliphatic heterocycles. The largest absolute Gasteiger partial charge is 0.302 e. The monoisotopic (exact) mass is 201 g/mol. The van der Waals surface area contributed by atoms with Gasteiger partial charge in [0, 0.05) is 6.54 Å². The SMILES string of the molecule is C#CCNCC(=C/C=C)/C(=C\C=C)CC. The molecule has 0 fully saturated rings. The third-order valence-corrected chi connectivity index (χ3v) is 1.97. The van der Waals surface area contributed by atoms with Gasteiger partial charge in [0.2, 0.25) is 0 Å². The van der Waals surface area contributed by atoms with Crippen LogP contribution in [0.5, 0.6) is 0 Å².